The Morgan fingerprint density at radius 1 is 1.10 bits per heavy atom. The molecule has 4 N–H and O–H groups in total. The van der Waals surface area contributed by atoms with Crippen molar-refractivity contribution in [2.75, 3.05) is 0 Å². The van der Waals surface area contributed by atoms with Gasteiger partial charge in [-0.2, -0.15) is 5.10 Å². The molecule has 0 bridgehead atoms. The molecule has 2 aromatic carbocycles. The maximum atomic E-state index is 12.7. The molecule has 2 amide bonds. The first-order valence-corrected chi connectivity index (χ1v) is 9.05. The molecule has 29 heavy (non-hydrogen) atoms. The number of hydrogen-bond acceptors (Lipinski definition) is 5. The molecule has 3 aromatic rings. The molecule has 0 aliphatic heterocycles. The van der Waals surface area contributed by atoms with Crippen molar-refractivity contribution >= 4 is 28.7 Å². The first-order valence-electron chi connectivity index (χ1n) is 9.05. The van der Waals surface area contributed by atoms with Crippen LogP contribution in [-0.2, 0) is 20.9 Å². The van der Waals surface area contributed by atoms with Crippen molar-refractivity contribution in [3.05, 3.63) is 65.9 Å². The smallest absolute Gasteiger partial charge is 0.314 e. The quantitative estimate of drug-likeness (QED) is 0.528. The summed E-state index contributed by atoms with van der Waals surface area (Å²) in [7, 11) is 0. The molecule has 8 heteroatoms. The number of para-hydroxylation sites is 1. The van der Waals surface area contributed by atoms with Crippen molar-refractivity contribution in [3.63, 3.8) is 0 Å². The van der Waals surface area contributed by atoms with Crippen molar-refractivity contribution in [2.45, 2.75) is 26.5 Å². The molecule has 8 nitrogen and oxygen atoms in total. The number of H-pyrrole nitrogens is 1. The van der Waals surface area contributed by atoms with E-state index >= 15 is 0 Å². The lowest BCUT2D eigenvalue weighted by atomic mass is 9.83. The molecule has 0 aliphatic rings. The maximum absolute atomic E-state index is 12.7. The molecular weight excluding hydrogens is 372 g/mol. The predicted octanol–water partition coefficient (Wildman–Crippen LogP) is 1.92. The number of carbonyl (C=O) groups is 3. The van der Waals surface area contributed by atoms with E-state index in [1.165, 1.54) is 13.8 Å². The lowest BCUT2D eigenvalue weighted by molar-refractivity contribution is -0.158. The lowest BCUT2D eigenvalue weighted by Gasteiger charge is -2.30. The number of hydrogen-bond donors (Lipinski definition) is 3. The molecule has 0 aliphatic carbocycles. The summed E-state index contributed by atoms with van der Waals surface area (Å²) >= 11 is 0. The summed E-state index contributed by atoms with van der Waals surface area (Å²) in [5, 5.41) is 9.89. The zero-order valence-electron chi connectivity index (χ0n) is 16.1. The fourth-order valence-corrected chi connectivity index (χ4v) is 2.97. The van der Waals surface area contributed by atoms with E-state index in [1.54, 1.807) is 24.3 Å². The monoisotopic (exact) mass is 394 g/mol. The van der Waals surface area contributed by atoms with E-state index in [9.17, 15) is 14.4 Å². The fraction of sp³-hybridized carbons (Fsp3) is 0.238. The molecule has 1 unspecified atom stereocenters. The van der Waals surface area contributed by atoms with E-state index < -0.39 is 29.2 Å². The van der Waals surface area contributed by atoms with Gasteiger partial charge in [-0.1, -0.05) is 48.5 Å². The van der Waals surface area contributed by atoms with Crippen LogP contribution in [-0.4, -0.2) is 34.0 Å². The number of ether oxygens (including phenoxy) is 1. The van der Waals surface area contributed by atoms with Gasteiger partial charge in [-0.15, -0.1) is 0 Å². The number of rotatable bonds is 7. The Bertz CT molecular complexity index is 1040. The van der Waals surface area contributed by atoms with Crippen LogP contribution >= 0.6 is 0 Å². The van der Waals surface area contributed by atoms with Crippen LogP contribution in [0.1, 0.15) is 29.9 Å². The van der Waals surface area contributed by atoms with E-state index in [4.69, 9.17) is 10.5 Å². The zero-order valence-corrected chi connectivity index (χ0v) is 16.1. The molecule has 3 rings (SSSR count). The third-order valence-electron chi connectivity index (χ3n) is 4.71. The summed E-state index contributed by atoms with van der Waals surface area (Å²) in [5.41, 5.74) is 5.70. The van der Waals surface area contributed by atoms with Crippen molar-refractivity contribution < 1.29 is 19.1 Å². The Morgan fingerprint density at radius 3 is 2.45 bits per heavy atom. The lowest BCUT2D eigenvalue weighted by Crippen LogP contribution is -2.56. The summed E-state index contributed by atoms with van der Waals surface area (Å²) in [4.78, 5) is 37.5. The number of amides is 2. The maximum Gasteiger partial charge on any atom is 0.314 e. The Morgan fingerprint density at radius 2 is 1.76 bits per heavy atom. The molecular formula is C21H22N4O4. The van der Waals surface area contributed by atoms with Crippen LogP contribution in [0.25, 0.3) is 10.9 Å². The van der Waals surface area contributed by atoms with Crippen molar-refractivity contribution in [1.82, 2.24) is 15.5 Å². The normalized spacial score (nSPS) is 12.3. The first-order chi connectivity index (χ1) is 13.8. The van der Waals surface area contributed by atoms with Crippen LogP contribution in [0, 0.1) is 5.41 Å². The average molecular weight is 394 g/mol. The largest absolute Gasteiger partial charge is 0.460 e. The molecule has 0 saturated heterocycles. The minimum Gasteiger partial charge on any atom is -0.460 e. The topological polar surface area (TPSA) is 127 Å². The number of fused-ring (bicyclic) bond motifs is 1. The second-order valence-corrected chi connectivity index (χ2v) is 7.21. The van der Waals surface area contributed by atoms with Gasteiger partial charge >= 0.3 is 5.97 Å². The second-order valence-electron chi connectivity index (χ2n) is 7.21. The first kappa shape index (κ1) is 20.1. The van der Waals surface area contributed by atoms with Crippen LogP contribution in [0.15, 0.2) is 54.6 Å². The summed E-state index contributed by atoms with van der Waals surface area (Å²) in [6.07, 6.45) is 0. The van der Waals surface area contributed by atoms with Gasteiger partial charge in [0.25, 0.3) is 5.91 Å². The Labute approximate surface area is 167 Å². The minimum absolute atomic E-state index is 0.0482. The molecule has 0 spiro atoms. The highest BCUT2D eigenvalue weighted by atomic mass is 16.5. The highest BCUT2D eigenvalue weighted by molar-refractivity contribution is 6.06. The number of benzene rings is 2. The standard InChI is InChI=1S/C21H22N4O4/c1-21(2,20(28)29-12-13-8-4-3-5-9-13)17(18(22)26)23-19(27)16-14-10-6-7-11-15(14)24-25-16/h3-11,17H,12H2,1-2H3,(H2,22,26)(H,23,27)(H,24,25). The molecule has 0 fully saturated rings. The summed E-state index contributed by atoms with van der Waals surface area (Å²) in [6, 6.07) is 14.9. The third-order valence-corrected chi connectivity index (χ3v) is 4.71. The van der Waals surface area contributed by atoms with E-state index in [-0.39, 0.29) is 12.3 Å². The van der Waals surface area contributed by atoms with Gasteiger partial charge in [0.15, 0.2) is 5.69 Å². The van der Waals surface area contributed by atoms with Crippen molar-refractivity contribution in [1.29, 1.82) is 0 Å². The summed E-state index contributed by atoms with van der Waals surface area (Å²) in [6.45, 7) is 3.05. The number of nitrogens with two attached hydrogens (primary N) is 1. The number of aromatic amines is 1. The Hall–Kier alpha value is -3.68. The van der Waals surface area contributed by atoms with Gasteiger partial charge in [-0.05, 0) is 25.5 Å². The van der Waals surface area contributed by atoms with Gasteiger partial charge in [-0.25, -0.2) is 0 Å². The van der Waals surface area contributed by atoms with E-state index in [0.717, 1.165) is 5.56 Å². The molecule has 150 valence electrons. The van der Waals surface area contributed by atoms with Crippen molar-refractivity contribution in [2.24, 2.45) is 11.1 Å². The van der Waals surface area contributed by atoms with Crippen LogP contribution < -0.4 is 11.1 Å². The minimum atomic E-state index is -1.39. The number of esters is 1. The second kappa shape index (κ2) is 8.14. The highest BCUT2D eigenvalue weighted by Gasteiger charge is 2.43. The summed E-state index contributed by atoms with van der Waals surface area (Å²) in [5.74, 6) is -2.12. The van der Waals surface area contributed by atoms with Crippen LogP contribution in [0.3, 0.4) is 0 Å². The van der Waals surface area contributed by atoms with Gasteiger partial charge in [0.2, 0.25) is 5.91 Å². The van der Waals surface area contributed by atoms with E-state index in [0.29, 0.717) is 10.9 Å². The van der Waals surface area contributed by atoms with Crippen molar-refractivity contribution in [3.8, 4) is 0 Å². The fourth-order valence-electron chi connectivity index (χ4n) is 2.97. The summed E-state index contributed by atoms with van der Waals surface area (Å²) < 4.78 is 5.35. The highest BCUT2D eigenvalue weighted by Crippen LogP contribution is 2.24. The Kier molecular flexibility index (Phi) is 5.63. The van der Waals surface area contributed by atoms with Crippen LogP contribution in [0.5, 0.6) is 0 Å². The number of nitrogens with one attached hydrogen (secondary N) is 2. The van der Waals surface area contributed by atoms with Crippen LogP contribution in [0.4, 0.5) is 0 Å². The van der Waals surface area contributed by atoms with Gasteiger partial charge < -0.3 is 15.8 Å². The van der Waals surface area contributed by atoms with Crippen LogP contribution in [0.2, 0.25) is 0 Å². The van der Waals surface area contributed by atoms with Gasteiger partial charge in [-0.3, -0.25) is 19.5 Å². The third kappa shape index (κ3) is 4.26. The molecule has 1 aromatic heterocycles. The molecule has 0 saturated carbocycles. The number of carbonyl (C=O) groups excluding carboxylic acids is 3. The van der Waals surface area contributed by atoms with Gasteiger partial charge in [0, 0.05) is 5.39 Å². The molecule has 1 atom stereocenters. The molecule has 0 radical (unpaired) electrons. The number of primary amides is 1. The molecule has 1 heterocycles. The predicted molar refractivity (Wildman–Crippen MR) is 107 cm³/mol. The van der Waals surface area contributed by atoms with Gasteiger partial charge in [0.1, 0.15) is 12.6 Å². The zero-order chi connectivity index (χ0) is 21.0. The SMILES string of the molecule is CC(C)(C(=O)OCc1ccccc1)C(NC(=O)c1n[nH]c2ccccc12)C(N)=O. The van der Waals surface area contributed by atoms with E-state index in [2.05, 4.69) is 15.5 Å². The average Bonchev–Trinajstić information content (AvgIpc) is 3.14. The Balaban J connectivity index is 1.76. The van der Waals surface area contributed by atoms with Gasteiger partial charge in [0.05, 0.1) is 10.9 Å². The van der Waals surface area contributed by atoms with E-state index in [1.807, 2.05) is 30.3 Å². The number of nitrogens with zero attached hydrogens (tertiary/aromatic N) is 1. The number of aromatic nitrogens is 2.